The molecule has 1 unspecified atom stereocenters. The third-order valence-electron chi connectivity index (χ3n) is 3.48. The van der Waals surface area contributed by atoms with Crippen LogP contribution in [0.2, 0.25) is 0 Å². The monoisotopic (exact) mass is 292 g/mol. The first-order valence-corrected chi connectivity index (χ1v) is 8.20. The quantitative estimate of drug-likeness (QED) is 0.759. The molecule has 21 heavy (non-hydrogen) atoms. The lowest BCUT2D eigenvalue weighted by molar-refractivity contribution is 0.530. The predicted octanol–water partition coefficient (Wildman–Crippen LogP) is 3.26. The van der Waals surface area contributed by atoms with Crippen molar-refractivity contribution in [3.05, 3.63) is 18.0 Å². The van der Waals surface area contributed by atoms with Gasteiger partial charge >= 0.3 is 0 Å². The van der Waals surface area contributed by atoms with Crippen LogP contribution >= 0.6 is 0 Å². The minimum absolute atomic E-state index is 0.150. The van der Waals surface area contributed by atoms with Crippen molar-refractivity contribution in [3.8, 4) is 0 Å². The van der Waals surface area contributed by atoms with Crippen LogP contribution in [0.3, 0.4) is 0 Å². The maximum absolute atomic E-state index is 5.82. The number of aromatic nitrogens is 2. The Balaban J connectivity index is 2.71. The van der Waals surface area contributed by atoms with Gasteiger partial charge in [-0.1, -0.05) is 27.7 Å². The highest BCUT2D eigenvalue weighted by atomic mass is 15.2. The largest absolute Gasteiger partial charge is 0.341 e. The van der Waals surface area contributed by atoms with E-state index in [9.17, 15) is 0 Å². The molecule has 0 aliphatic heterocycles. The van der Waals surface area contributed by atoms with E-state index in [1.165, 1.54) is 12.8 Å². The molecule has 1 atom stereocenters. The van der Waals surface area contributed by atoms with Crippen LogP contribution in [-0.2, 0) is 6.42 Å². The van der Waals surface area contributed by atoms with Gasteiger partial charge in [0, 0.05) is 31.5 Å². The summed E-state index contributed by atoms with van der Waals surface area (Å²) in [5.74, 6) is 2.25. The maximum atomic E-state index is 5.82. The molecule has 0 saturated carbocycles. The highest BCUT2D eigenvalue weighted by Crippen LogP contribution is 2.13. The van der Waals surface area contributed by atoms with Crippen LogP contribution in [0.15, 0.2) is 12.4 Å². The molecule has 0 aromatic carbocycles. The van der Waals surface area contributed by atoms with Crippen molar-refractivity contribution in [3.63, 3.8) is 0 Å². The number of nitrogens with zero attached hydrogens (tertiary/aromatic N) is 3. The smallest absolute Gasteiger partial charge is 0.225 e. The van der Waals surface area contributed by atoms with E-state index in [0.29, 0.717) is 11.8 Å². The number of anilines is 1. The highest BCUT2D eigenvalue weighted by Gasteiger charge is 2.11. The lowest BCUT2D eigenvalue weighted by Crippen LogP contribution is -2.29. The molecular formula is C17H32N4. The molecule has 1 aromatic heterocycles. The van der Waals surface area contributed by atoms with Gasteiger partial charge in [-0.3, -0.25) is 0 Å². The van der Waals surface area contributed by atoms with Crippen molar-refractivity contribution >= 4 is 5.95 Å². The number of nitrogens with two attached hydrogens (primary N) is 1. The van der Waals surface area contributed by atoms with E-state index < -0.39 is 0 Å². The molecule has 0 saturated heterocycles. The summed E-state index contributed by atoms with van der Waals surface area (Å²) in [5.41, 5.74) is 6.93. The van der Waals surface area contributed by atoms with Gasteiger partial charge in [0.05, 0.1) is 0 Å². The van der Waals surface area contributed by atoms with Gasteiger partial charge in [-0.05, 0) is 43.6 Å². The van der Waals surface area contributed by atoms with Crippen LogP contribution in [0.4, 0.5) is 5.95 Å². The molecular weight excluding hydrogens is 260 g/mol. The summed E-state index contributed by atoms with van der Waals surface area (Å²) < 4.78 is 0. The number of rotatable bonds is 9. The van der Waals surface area contributed by atoms with Crippen LogP contribution in [0.1, 0.15) is 53.0 Å². The SMILES string of the molecule is CC(C)CCN(CCC(C)C)c1ncc(CC(C)N)cn1. The van der Waals surface area contributed by atoms with Crippen molar-refractivity contribution < 1.29 is 0 Å². The summed E-state index contributed by atoms with van der Waals surface area (Å²) in [6.45, 7) is 13.1. The first kappa shape index (κ1) is 17.9. The maximum Gasteiger partial charge on any atom is 0.225 e. The average Bonchev–Trinajstić information content (AvgIpc) is 2.39. The fourth-order valence-corrected chi connectivity index (χ4v) is 2.13. The molecule has 2 N–H and O–H groups in total. The van der Waals surface area contributed by atoms with Crippen LogP contribution in [0.5, 0.6) is 0 Å². The topological polar surface area (TPSA) is 55.0 Å². The van der Waals surface area contributed by atoms with Gasteiger partial charge in [-0.25, -0.2) is 9.97 Å². The molecule has 0 amide bonds. The summed E-state index contributed by atoms with van der Waals surface area (Å²) in [7, 11) is 0. The summed E-state index contributed by atoms with van der Waals surface area (Å²) >= 11 is 0. The Hall–Kier alpha value is -1.16. The Morgan fingerprint density at radius 1 is 0.952 bits per heavy atom. The predicted molar refractivity (Wildman–Crippen MR) is 90.5 cm³/mol. The molecule has 120 valence electrons. The van der Waals surface area contributed by atoms with Crippen LogP contribution < -0.4 is 10.6 Å². The zero-order valence-electron chi connectivity index (χ0n) is 14.3. The Morgan fingerprint density at radius 2 is 1.43 bits per heavy atom. The van der Waals surface area contributed by atoms with E-state index in [1.807, 2.05) is 19.3 Å². The van der Waals surface area contributed by atoms with Gasteiger partial charge < -0.3 is 10.6 Å². The normalized spacial score (nSPS) is 13.0. The summed E-state index contributed by atoms with van der Waals surface area (Å²) in [5, 5.41) is 0. The first-order chi connectivity index (χ1) is 9.88. The molecule has 4 nitrogen and oxygen atoms in total. The van der Waals surface area contributed by atoms with Gasteiger partial charge in [-0.2, -0.15) is 0 Å². The minimum Gasteiger partial charge on any atom is -0.341 e. The third kappa shape index (κ3) is 7.42. The molecule has 1 aromatic rings. The molecule has 1 heterocycles. The van der Waals surface area contributed by atoms with Gasteiger partial charge in [0.2, 0.25) is 5.95 Å². The Kier molecular flexibility index (Phi) is 7.65. The Bertz CT molecular complexity index is 372. The van der Waals surface area contributed by atoms with E-state index in [4.69, 9.17) is 5.73 Å². The molecule has 0 spiro atoms. The second-order valence-corrected chi connectivity index (χ2v) is 6.92. The second-order valence-electron chi connectivity index (χ2n) is 6.92. The highest BCUT2D eigenvalue weighted by molar-refractivity contribution is 5.29. The average molecular weight is 292 g/mol. The van der Waals surface area contributed by atoms with Crippen molar-refractivity contribution in [2.45, 2.75) is 59.9 Å². The standard InChI is InChI=1S/C17H32N4/c1-13(2)6-8-21(9-7-14(3)4)17-19-11-16(12-20-17)10-15(5)18/h11-15H,6-10,18H2,1-5H3. The summed E-state index contributed by atoms with van der Waals surface area (Å²) in [6.07, 6.45) is 7.01. The van der Waals surface area contributed by atoms with E-state index in [2.05, 4.69) is 42.6 Å². The van der Waals surface area contributed by atoms with Crippen molar-refractivity contribution in [2.75, 3.05) is 18.0 Å². The van der Waals surface area contributed by atoms with Crippen molar-refractivity contribution in [1.82, 2.24) is 9.97 Å². The molecule has 0 bridgehead atoms. The van der Waals surface area contributed by atoms with Crippen LogP contribution in [-0.4, -0.2) is 29.1 Å². The van der Waals surface area contributed by atoms with Crippen molar-refractivity contribution in [2.24, 2.45) is 17.6 Å². The lowest BCUT2D eigenvalue weighted by atomic mass is 10.1. The van der Waals surface area contributed by atoms with Gasteiger partial charge in [0.15, 0.2) is 0 Å². The van der Waals surface area contributed by atoms with E-state index in [0.717, 1.165) is 31.0 Å². The van der Waals surface area contributed by atoms with Crippen LogP contribution in [0, 0.1) is 11.8 Å². The fraction of sp³-hybridized carbons (Fsp3) is 0.765. The summed E-state index contributed by atoms with van der Waals surface area (Å²) in [6, 6.07) is 0.150. The van der Waals surface area contributed by atoms with Crippen LogP contribution in [0.25, 0.3) is 0 Å². The molecule has 4 heteroatoms. The van der Waals surface area contributed by atoms with E-state index in [1.54, 1.807) is 0 Å². The van der Waals surface area contributed by atoms with Crippen molar-refractivity contribution in [1.29, 1.82) is 0 Å². The second kappa shape index (κ2) is 8.98. The third-order valence-corrected chi connectivity index (χ3v) is 3.48. The fourth-order valence-electron chi connectivity index (χ4n) is 2.13. The summed E-state index contributed by atoms with van der Waals surface area (Å²) in [4.78, 5) is 11.4. The molecule has 0 aliphatic rings. The zero-order valence-corrected chi connectivity index (χ0v) is 14.3. The van der Waals surface area contributed by atoms with E-state index in [-0.39, 0.29) is 6.04 Å². The first-order valence-electron chi connectivity index (χ1n) is 8.20. The minimum atomic E-state index is 0.150. The number of hydrogen-bond acceptors (Lipinski definition) is 4. The van der Waals surface area contributed by atoms with E-state index >= 15 is 0 Å². The molecule has 1 rings (SSSR count). The zero-order chi connectivity index (χ0) is 15.8. The van der Waals surface area contributed by atoms with Gasteiger partial charge in [-0.15, -0.1) is 0 Å². The molecule has 0 aliphatic carbocycles. The number of hydrogen-bond donors (Lipinski definition) is 1. The lowest BCUT2D eigenvalue weighted by Gasteiger charge is -2.24. The molecule has 0 radical (unpaired) electrons. The van der Waals surface area contributed by atoms with Gasteiger partial charge in [0.1, 0.15) is 0 Å². The van der Waals surface area contributed by atoms with Gasteiger partial charge in [0.25, 0.3) is 0 Å². The Labute approximate surface area is 130 Å². The Morgan fingerprint density at radius 3 is 1.81 bits per heavy atom. The molecule has 0 fully saturated rings.